The average Bonchev–Trinajstić information content (AvgIpc) is 2.82. The first kappa shape index (κ1) is 13.8. The van der Waals surface area contributed by atoms with Crippen molar-refractivity contribution in [3.05, 3.63) is 47.2 Å². The number of sulfonamides is 1. The maximum Gasteiger partial charge on any atom is 0.265 e. The fourth-order valence-corrected chi connectivity index (χ4v) is 3.25. The van der Waals surface area contributed by atoms with Gasteiger partial charge < -0.3 is 0 Å². The predicted molar refractivity (Wildman–Crippen MR) is 77.8 cm³/mol. The van der Waals surface area contributed by atoms with Gasteiger partial charge in [-0.05, 0) is 25.1 Å². The van der Waals surface area contributed by atoms with Gasteiger partial charge in [-0.2, -0.15) is 9.50 Å². The van der Waals surface area contributed by atoms with Gasteiger partial charge in [0.05, 0.1) is 5.02 Å². The van der Waals surface area contributed by atoms with Crippen molar-refractivity contribution in [2.24, 2.45) is 0 Å². The fourth-order valence-electron chi connectivity index (χ4n) is 1.79. The summed E-state index contributed by atoms with van der Waals surface area (Å²) in [5, 5.41) is 4.19. The van der Waals surface area contributed by atoms with Gasteiger partial charge in [-0.3, -0.25) is 0 Å². The number of rotatable bonds is 3. The van der Waals surface area contributed by atoms with Crippen molar-refractivity contribution in [1.29, 1.82) is 0 Å². The molecule has 0 spiro atoms. The SMILES string of the molecule is Cc1ccnc2nc(NS(=O)(=O)c3ccccc3Cl)nn12. The number of anilines is 1. The lowest BCUT2D eigenvalue weighted by molar-refractivity contribution is 0.601. The third-order valence-electron chi connectivity index (χ3n) is 2.78. The van der Waals surface area contributed by atoms with Crippen LogP contribution in [0, 0.1) is 6.92 Å². The van der Waals surface area contributed by atoms with E-state index >= 15 is 0 Å². The van der Waals surface area contributed by atoms with Crippen LogP contribution in [-0.4, -0.2) is 28.0 Å². The number of aromatic nitrogens is 4. The summed E-state index contributed by atoms with van der Waals surface area (Å²) in [5.41, 5.74) is 0.788. The lowest BCUT2D eigenvalue weighted by Gasteiger charge is -2.05. The van der Waals surface area contributed by atoms with E-state index in [1.165, 1.54) is 16.6 Å². The summed E-state index contributed by atoms with van der Waals surface area (Å²) in [5.74, 6) is 0.253. The Morgan fingerprint density at radius 2 is 2.00 bits per heavy atom. The molecule has 2 heterocycles. The number of nitrogens with zero attached hydrogens (tertiary/aromatic N) is 4. The molecule has 0 aliphatic heterocycles. The van der Waals surface area contributed by atoms with Gasteiger partial charge in [-0.25, -0.2) is 18.1 Å². The molecule has 0 fully saturated rings. The van der Waals surface area contributed by atoms with E-state index in [0.717, 1.165) is 5.69 Å². The lowest BCUT2D eigenvalue weighted by atomic mass is 10.4. The Kier molecular flexibility index (Phi) is 3.26. The molecule has 1 N–H and O–H groups in total. The van der Waals surface area contributed by atoms with Crippen LogP contribution in [0.4, 0.5) is 5.95 Å². The molecule has 9 heteroatoms. The first-order valence-electron chi connectivity index (χ1n) is 5.93. The summed E-state index contributed by atoms with van der Waals surface area (Å²) in [6, 6.07) is 7.89. The predicted octanol–water partition coefficient (Wildman–Crippen LogP) is 1.89. The Labute approximate surface area is 125 Å². The van der Waals surface area contributed by atoms with E-state index in [9.17, 15) is 8.42 Å². The van der Waals surface area contributed by atoms with E-state index in [-0.39, 0.29) is 15.9 Å². The second-order valence-corrected chi connectivity index (χ2v) is 6.33. The van der Waals surface area contributed by atoms with E-state index in [2.05, 4.69) is 19.8 Å². The zero-order valence-corrected chi connectivity index (χ0v) is 12.4. The van der Waals surface area contributed by atoms with Gasteiger partial charge in [0, 0.05) is 11.9 Å². The van der Waals surface area contributed by atoms with Gasteiger partial charge in [0.15, 0.2) is 0 Å². The highest BCUT2D eigenvalue weighted by Crippen LogP contribution is 2.22. The number of halogens is 1. The van der Waals surface area contributed by atoms with Crippen molar-refractivity contribution < 1.29 is 8.42 Å². The number of aryl methyl sites for hydroxylation is 1. The number of benzene rings is 1. The molecule has 0 bridgehead atoms. The van der Waals surface area contributed by atoms with Gasteiger partial charge in [-0.15, -0.1) is 5.10 Å². The van der Waals surface area contributed by atoms with Crippen LogP contribution in [0.3, 0.4) is 0 Å². The topological polar surface area (TPSA) is 89.2 Å². The first-order chi connectivity index (χ1) is 9.97. The molecule has 0 aliphatic carbocycles. The van der Waals surface area contributed by atoms with E-state index in [1.54, 1.807) is 24.4 Å². The molecular formula is C12H10ClN5O2S. The summed E-state index contributed by atoms with van der Waals surface area (Å²) in [7, 11) is -3.85. The lowest BCUT2D eigenvalue weighted by Crippen LogP contribution is -2.14. The standard InChI is InChI=1S/C12H10ClN5O2S/c1-8-6-7-14-12-15-11(16-18(8)12)17-21(19,20)10-5-3-2-4-9(10)13/h2-7H,1H3,(H,16,17). The zero-order chi connectivity index (χ0) is 15.0. The monoisotopic (exact) mass is 323 g/mol. The van der Waals surface area contributed by atoms with Crippen molar-refractivity contribution in [2.75, 3.05) is 4.72 Å². The summed E-state index contributed by atoms with van der Waals surface area (Å²) < 4.78 is 28.3. The van der Waals surface area contributed by atoms with Gasteiger partial charge in [0.1, 0.15) is 4.90 Å². The Morgan fingerprint density at radius 3 is 2.71 bits per heavy atom. The summed E-state index contributed by atoms with van der Waals surface area (Å²) in [6.07, 6.45) is 1.58. The van der Waals surface area contributed by atoms with E-state index in [1.807, 2.05) is 6.92 Å². The molecule has 0 radical (unpaired) electrons. The van der Waals surface area contributed by atoms with Gasteiger partial charge in [0.25, 0.3) is 21.7 Å². The number of fused-ring (bicyclic) bond motifs is 1. The van der Waals surface area contributed by atoms with Crippen LogP contribution in [0.25, 0.3) is 5.78 Å². The number of hydrogen-bond acceptors (Lipinski definition) is 5. The maximum atomic E-state index is 12.3. The molecular weight excluding hydrogens is 314 g/mol. The number of hydrogen-bond donors (Lipinski definition) is 1. The minimum absolute atomic E-state index is 0.0322. The van der Waals surface area contributed by atoms with Crippen LogP contribution in [-0.2, 0) is 10.0 Å². The molecule has 2 aromatic heterocycles. The second kappa shape index (κ2) is 4.97. The number of nitrogens with one attached hydrogen (secondary N) is 1. The van der Waals surface area contributed by atoms with Crippen molar-refractivity contribution >= 4 is 33.4 Å². The third-order valence-corrected chi connectivity index (χ3v) is 4.61. The first-order valence-corrected chi connectivity index (χ1v) is 7.79. The highest BCUT2D eigenvalue weighted by atomic mass is 35.5. The van der Waals surface area contributed by atoms with Crippen LogP contribution >= 0.6 is 11.6 Å². The van der Waals surface area contributed by atoms with E-state index in [0.29, 0.717) is 5.78 Å². The van der Waals surface area contributed by atoms with Crippen LogP contribution in [0.2, 0.25) is 5.02 Å². The molecule has 0 amide bonds. The molecule has 7 nitrogen and oxygen atoms in total. The molecule has 0 unspecified atom stereocenters. The molecule has 0 atom stereocenters. The molecule has 0 saturated carbocycles. The quantitative estimate of drug-likeness (QED) is 0.795. The molecule has 0 aliphatic rings. The Bertz CT molecular complexity index is 922. The smallest absolute Gasteiger partial charge is 0.246 e. The summed E-state index contributed by atoms with van der Waals surface area (Å²) in [4.78, 5) is 8.00. The fraction of sp³-hybridized carbons (Fsp3) is 0.0833. The Morgan fingerprint density at radius 1 is 1.24 bits per heavy atom. The highest BCUT2D eigenvalue weighted by Gasteiger charge is 2.20. The Hall–Kier alpha value is -2.19. The van der Waals surface area contributed by atoms with Crippen LogP contribution in [0.5, 0.6) is 0 Å². The average molecular weight is 324 g/mol. The summed E-state index contributed by atoms with van der Waals surface area (Å²) >= 11 is 5.90. The molecule has 3 aromatic rings. The van der Waals surface area contributed by atoms with Crippen molar-refractivity contribution in [1.82, 2.24) is 19.6 Å². The minimum atomic E-state index is -3.85. The molecule has 3 rings (SSSR count). The second-order valence-electron chi connectivity index (χ2n) is 4.27. The van der Waals surface area contributed by atoms with E-state index < -0.39 is 10.0 Å². The van der Waals surface area contributed by atoms with Gasteiger partial charge in [-0.1, -0.05) is 23.7 Å². The molecule has 0 saturated heterocycles. The largest absolute Gasteiger partial charge is 0.265 e. The van der Waals surface area contributed by atoms with Crippen molar-refractivity contribution in [3.8, 4) is 0 Å². The minimum Gasteiger partial charge on any atom is -0.246 e. The normalized spacial score (nSPS) is 11.7. The molecule has 1 aromatic carbocycles. The Balaban J connectivity index is 2.02. The highest BCUT2D eigenvalue weighted by molar-refractivity contribution is 7.92. The van der Waals surface area contributed by atoms with Crippen LogP contribution < -0.4 is 4.72 Å². The van der Waals surface area contributed by atoms with Gasteiger partial charge in [0.2, 0.25) is 0 Å². The summed E-state index contributed by atoms with van der Waals surface area (Å²) in [6.45, 7) is 1.82. The molecule has 21 heavy (non-hydrogen) atoms. The van der Waals surface area contributed by atoms with Crippen molar-refractivity contribution in [2.45, 2.75) is 11.8 Å². The maximum absolute atomic E-state index is 12.3. The van der Waals surface area contributed by atoms with E-state index in [4.69, 9.17) is 11.6 Å². The molecule has 108 valence electrons. The van der Waals surface area contributed by atoms with Crippen LogP contribution in [0.1, 0.15) is 5.69 Å². The van der Waals surface area contributed by atoms with Crippen LogP contribution in [0.15, 0.2) is 41.4 Å². The third kappa shape index (κ3) is 2.55. The zero-order valence-electron chi connectivity index (χ0n) is 10.9. The van der Waals surface area contributed by atoms with Gasteiger partial charge >= 0.3 is 0 Å². The van der Waals surface area contributed by atoms with Crippen molar-refractivity contribution in [3.63, 3.8) is 0 Å².